The maximum Gasteiger partial charge on any atom is 0.241 e. The topological polar surface area (TPSA) is 93.7 Å². The molecule has 1 aromatic carbocycles. The van der Waals surface area contributed by atoms with Crippen LogP contribution < -0.4 is 5.73 Å². The van der Waals surface area contributed by atoms with Gasteiger partial charge < -0.3 is 15.5 Å². The first kappa shape index (κ1) is 23.3. The summed E-state index contributed by atoms with van der Waals surface area (Å²) in [5.74, 6) is 0.0363. The lowest BCUT2D eigenvalue weighted by molar-refractivity contribution is -0.142. The van der Waals surface area contributed by atoms with E-state index in [9.17, 15) is 19.2 Å². The SMILES string of the molecule is N#CC1CCCN1C(=O)C(N)CN1C[C@@H]2CC1C(=O)N2C(c1ccc(F)cc1)C1CCCCC1. The number of halogens is 1. The molecule has 3 heterocycles. The van der Waals surface area contributed by atoms with Gasteiger partial charge in [-0.05, 0) is 55.7 Å². The Balaban J connectivity index is 1.30. The molecule has 1 aromatic rings. The summed E-state index contributed by atoms with van der Waals surface area (Å²) in [6.07, 6.45) is 8.01. The highest BCUT2D eigenvalue weighted by Gasteiger charge is 2.53. The zero-order valence-corrected chi connectivity index (χ0v) is 19.6. The number of likely N-dealkylation sites (tertiary alicyclic amines) is 3. The number of benzene rings is 1. The van der Waals surface area contributed by atoms with E-state index < -0.39 is 12.1 Å². The van der Waals surface area contributed by atoms with E-state index in [-0.39, 0.29) is 35.8 Å². The first-order chi connectivity index (χ1) is 16.5. The van der Waals surface area contributed by atoms with Gasteiger partial charge in [0.25, 0.3) is 0 Å². The zero-order chi connectivity index (χ0) is 23.8. The van der Waals surface area contributed by atoms with Crippen molar-refractivity contribution in [3.63, 3.8) is 0 Å². The van der Waals surface area contributed by atoms with E-state index >= 15 is 0 Å². The number of carbonyl (C=O) groups is 2. The Morgan fingerprint density at radius 1 is 1.15 bits per heavy atom. The third-order valence-electron chi connectivity index (χ3n) is 8.36. The Labute approximate surface area is 200 Å². The smallest absolute Gasteiger partial charge is 0.241 e. The molecule has 182 valence electrons. The van der Waals surface area contributed by atoms with Gasteiger partial charge in [0, 0.05) is 25.7 Å². The second-order valence-corrected chi connectivity index (χ2v) is 10.4. The molecule has 0 spiro atoms. The fourth-order valence-electron chi connectivity index (χ4n) is 6.73. The molecule has 8 heteroatoms. The summed E-state index contributed by atoms with van der Waals surface area (Å²) in [5, 5.41) is 9.30. The molecule has 1 saturated carbocycles. The van der Waals surface area contributed by atoms with Crippen molar-refractivity contribution in [2.24, 2.45) is 11.7 Å². The van der Waals surface area contributed by atoms with E-state index in [0.29, 0.717) is 32.0 Å². The predicted molar refractivity (Wildman–Crippen MR) is 125 cm³/mol. The Hall–Kier alpha value is -2.50. The largest absolute Gasteiger partial charge is 0.330 e. The van der Waals surface area contributed by atoms with Crippen molar-refractivity contribution in [2.75, 3.05) is 19.6 Å². The van der Waals surface area contributed by atoms with Gasteiger partial charge >= 0.3 is 0 Å². The number of hydrogen-bond donors (Lipinski definition) is 1. The van der Waals surface area contributed by atoms with Crippen LogP contribution in [-0.4, -0.2) is 70.3 Å². The molecule has 4 aliphatic rings. The van der Waals surface area contributed by atoms with Gasteiger partial charge in [-0.2, -0.15) is 5.26 Å². The van der Waals surface area contributed by atoms with Crippen LogP contribution in [0, 0.1) is 23.1 Å². The van der Waals surface area contributed by atoms with Crippen LogP contribution >= 0.6 is 0 Å². The molecular weight excluding hydrogens is 433 g/mol. The second-order valence-electron chi connectivity index (χ2n) is 10.4. The molecule has 1 aliphatic carbocycles. The predicted octanol–water partition coefficient (Wildman–Crippen LogP) is 2.57. The van der Waals surface area contributed by atoms with Crippen molar-refractivity contribution in [1.29, 1.82) is 5.26 Å². The summed E-state index contributed by atoms with van der Waals surface area (Å²) in [7, 11) is 0. The van der Waals surface area contributed by atoms with Gasteiger partial charge in [-0.25, -0.2) is 4.39 Å². The van der Waals surface area contributed by atoms with Gasteiger partial charge in [-0.15, -0.1) is 0 Å². The third-order valence-corrected chi connectivity index (χ3v) is 8.36. The first-order valence-corrected chi connectivity index (χ1v) is 12.8. The molecule has 5 rings (SSSR count). The third kappa shape index (κ3) is 4.20. The van der Waals surface area contributed by atoms with Gasteiger partial charge in [-0.3, -0.25) is 14.5 Å². The van der Waals surface area contributed by atoms with E-state index in [1.165, 1.54) is 31.4 Å². The number of rotatable bonds is 6. The minimum atomic E-state index is -0.735. The number of carbonyl (C=O) groups excluding carboxylic acids is 2. The van der Waals surface area contributed by atoms with Crippen molar-refractivity contribution in [2.45, 2.75) is 81.6 Å². The summed E-state index contributed by atoms with van der Waals surface area (Å²) >= 11 is 0. The summed E-state index contributed by atoms with van der Waals surface area (Å²) in [5.41, 5.74) is 7.30. The van der Waals surface area contributed by atoms with Crippen LogP contribution in [0.25, 0.3) is 0 Å². The van der Waals surface area contributed by atoms with Crippen molar-refractivity contribution in [3.8, 4) is 6.07 Å². The van der Waals surface area contributed by atoms with E-state index in [1.807, 2.05) is 12.1 Å². The van der Waals surface area contributed by atoms with Crippen molar-refractivity contribution in [3.05, 3.63) is 35.6 Å². The van der Waals surface area contributed by atoms with E-state index in [2.05, 4.69) is 15.9 Å². The average Bonchev–Trinajstić information content (AvgIpc) is 3.56. The van der Waals surface area contributed by atoms with Gasteiger partial charge in [0.05, 0.1) is 24.2 Å². The fraction of sp³-hybridized carbons (Fsp3) is 0.654. The number of amides is 2. The summed E-state index contributed by atoms with van der Waals surface area (Å²) in [6, 6.07) is 7.52. The molecule has 2 bridgehead atoms. The number of hydrogen-bond acceptors (Lipinski definition) is 5. The zero-order valence-electron chi connectivity index (χ0n) is 19.6. The minimum absolute atomic E-state index is 0.0261. The van der Waals surface area contributed by atoms with Crippen LogP contribution in [0.5, 0.6) is 0 Å². The van der Waals surface area contributed by atoms with Crippen LogP contribution in [0.4, 0.5) is 4.39 Å². The fourth-order valence-corrected chi connectivity index (χ4v) is 6.73. The molecule has 2 N–H and O–H groups in total. The number of nitriles is 1. The summed E-state index contributed by atoms with van der Waals surface area (Å²) < 4.78 is 13.6. The Morgan fingerprint density at radius 2 is 1.88 bits per heavy atom. The normalized spacial score (nSPS) is 29.4. The molecule has 4 unspecified atom stereocenters. The van der Waals surface area contributed by atoms with Crippen LogP contribution in [-0.2, 0) is 9.59 Å². The van der Waals surface area contributed by atoms with Crippen molar-refractivity contribution in [1.82, 2.24) is 14.7 Å². The van der Waals surface area contributed by atoms with E-state index in [0.717, 1.165) is 31.2 Å². The maximum atomic E-state index is 13.6. The lowest BCUT2D eigenvalue weighted by Crippen LogP contribution is -2.57. The highest BCUT2D eigenvalue weighted by molar-refractivity contribution is 5.87. The lowest BCUT2D eigenvalue weighted by atomic mass is 9.80. The van der Waals surface area contributed by atoms with Gasteiger partial charge in [0.2, 0.25) is 11.8 Å². The monoisotopic (exact) mass is 467 g/mol. The van der Waals surface area contributed by atoms with Gasteiger partial charge in [0.1, 0.15) is 11.9 Å². The van der Waals surface area contributed by atoms with E-state index in [1.54, 1.807) is 4.90 Å². The number of nitrogens with two attached hydrogens (primary N) is 1. The Bertz CT molecular complexity index is 957. The highest BCUT2D eigenvalue weighted by Crippen LogP contribution is 2.45. The van der Waals surface area contributed by atoms with Crippen molar-refractivity contribution < 1.29 is 14.0 Å². The average molecular weight is 468 g/mol. The molecule has 34 heavy (non-hydrogen) atoms. The molecular formula is C26H34FN5O2. The Morgan fingerprint density at radius 3 is 2.56 bits per heavy atom. The molecule has 0 radical (unpaired) electrons. The molecule has 7 nitrogen and oxygen atoms in total. The lowest BCUT2D eigenvalue weighted by Gasteiger charge is -2.43. The standard InChI is InChI=1S/C26H34FN5O2/c27-19-10-8-18(9-11-19)24(17-5-2-1-3-6-17)32-21-13-23(26(32)34)30(15-21)16-22(29)25(33)31-12-4-7-20(31)14-28/h8-11,17,20-24H,1-7,12-13,15-16,29H2/t20?,21-,22?,23?,24?/m0/s1. The number of piperazine rings is 1. The van der Waals surface area contributed by atoms with Gasteiger partial charge in [-0.1, -0.05) is 31.4 Å². The minimum Gasteiger partial charge on any atom is -0.330 e. The number of nitrogens with zero attached hydrogens (tertiary/aromatic N) is 4. The molecule has 0 aromatic heterocycles. The highest BCUT2D eigenvalue weighted by atomic mass is 19.1. The first-order valence-electron chi connectivity index (χ1n) is 12.8. The summed E-state index contributed by atoms with van der Waals surface area (Å²) in [6.45, 7) is 1.60. The molecule has 5 atom stereocenters. The van der Waals surface area contributed by atoms with E-state index in [4.69, 9.17) is 5.73 Å². The Kier molecular flexibility index (Phi) is 6.59. The van der Waals surface area contributed by atoms with Crippen LogP contribution in [0.1, 0.15) is 63.0 Å². The maximum absolute atomic E-state index is 13.6. The quantitative estimate of drug-likeness (QED) is 0.694. The van der Waals surface area contributed by atoms with Crippen LogP contribution in [0.15, 0.2) is 24.3 Å². The summed E-state index contributed by atoms with van der Waals surface area (Å²) in [4.78, 5) is 32.3. The second kappa shape index (κ2) is 9.63. The van der Waals surface area contributed by atoms with Crippen LogP contribution in [0.2, 0.25) is 0 Å². The molecule has 4 fully saturated rings. The molecule has 3 aliphatic heterocycles. The molecule has 3 saturated heterocycles. The van der Waals surface area contributed by atoms with Gasteiger partial charge in [0.15, 0.2) is 0 Å². The molecule has 2 amide bonds. The number of fused-ring (bicyclic) bond motifs is 2. The van der Waals surface area contributed by atoms with Crippen LogP contribution in [0.3, 0.4) is 0 Å². The van der Waals surface area contributed by atoms with Crippen molar-refractivity contribution >= 4 is 11.8 Å².